The minimum absolute atomic E-state index is 0. The van der Waals surface area contributed by atoms with Gasteiger partial charge in [0.05, 0.1) is 10.5 Å². The van der Waals surface area contributed by atoms with Gasteiger partial charge in [-0.15, -0.1) is 0 Å². The number of alkyl halides is 3. The predicted molar refractivity (Wildman–Crippen MR) is 131 cm³/mol. The fourth-order valence-corrected chi connectivity index (χ4v) is 5.22. The highest BCUT2D eigenvalue weighted by atomic mass is 35.5. The highest BCUT2D eigenvalue weighted by molar-refractivity contribution is 7.92. The molecular weight excluding hydrogens is 527 g/mol. The van der Waals surface area contributed by atoms with Crippen molar-refractivity contribution in [2.24, 2.45) is 0 Å². The second kappa shape index (κ2) is 12.0. The number of likely N-dealkylation sites (tertiary alicyclic amines) is 1. The number of amides is 1. The number of hydrogen-bond acceptors (Lipinski definition) is 4. The summed E-state index contributed by atoms with van der Waals surface area (Å²) in [6.07, 6.45) is -3.06. The Morgan fingerprint density at radius 1 is 0.919 bits per heavy atom. The molecule has 0 atom stereocenters. The van der Waals surface area contributed by atoms with Crippen molar-refractivity contribution in [3.8, 4) is 0 Å². The van der Waals surface area contributed by atoms with Crippen LogP contribution in [0, 0.1) is 0 Å². The molecule has 0 unspecified atom stereocenters. The fourth-order valence-electron chi connectivity index (χ4n) is 4.12. The number of piperidine rings is 1. The van der Waals surface area contributed by atoms with E-state index in [4.69, 9.17) is 0 Å². The van der Waals surface area contributed by atoms with Gasteiger partial charge in [-0.1, -0.05) is 42.5 Å². The summed E-state index contributed by atoms with van der Waals surface area (Å²) in [7, 11) is -4.21. The molecule has 1 aliphatic heterocycles. The van der Waals surface area contributed by atoms with E-state index >= 15 is 0 Å². The van der Waals surface area contributed by atoms with E-state index in [1.54, 1.807) is 0 Å². The van der Waals surface area contributed by atoms with Crippen molar-refractivity contribution in [1.29, 1.82) is 0 Å². The largest absolute Gasteiger partial charge is 1.00 e. The van der Waals surface area contributed by atoms with Crippen molar-refractivity contribution in [2.45, 2.75) is 36.5 Å². The van der Waals surface area contributed by atoms with E-state index in [0.29, 0.717) is 0 Å². The van der Waals surface area contributed by atoms with E-state index < -0.39 is 27.7 Å². The lowest BCUT2D eigenvalue weighted by Gasteiger charge is -2.32. The highest BCUT2D eigenvalue weighted by Crippen LogP contribution is 2.31. The SMILES string of the molecule is O=C(NC1CCN(Cc2ccccc2)CC1)c1cccc(S(=O)(=O)Nc2cccc(C(F)(F)F)c2)c1.[Cl-]. The molecule has 2 N–H and O–H groups in total. The molecule has 6 nitrogen and oxygen atoms in total. The molecule has 1 fully saturated rings. The molecule has 0 aromatic heterocycles. The first kappa shape index (κ1) is 28.5. The van der Waals surface area contributed by atoms with Crippen molar-refractivity contribution >= 4 is 21.6 Å². The molecule has 11 heteroatoms. The van der Waals surface area contributed by atoms with Crippen molar-refractivity contribution in [3.05, 3.63) is 95.6 Å². The van der Waals surface area contributed by atoms with Crippen LogP contribution in [0.1, 0.15) is 34.3 Å². The van der Waals surface area contributed by atoms with Gasteiger partial charge in [-0.05, 0) is 54.8 Å². The first-order valence-electron chi connectivity index (χ1n) is 11.5. The summed E-state index contributed by atoms with van der Waals surface area (Å²) >= 11 is 0. The number of benzene rings is 3. The summed E-state index contributed by atoms with van der Waals surface area (Å²) in [6, 6.07) is 19.5. The van der Waals surface area contributed by atoms with Crippen LogP contribution < -0.4 is 22.4 Å². The number of carbonyl (C=O) groups is 1. The van der Waals surface area contributed by atoms with Crippen LogP contribution in [0.15, 0.2) is 83.8 Å². The van der Waals surface area contributed by atoms with Crippen LogP contribution in [0.25, 0.3) is 0 Å². The van der Waals surface area contributed by atoms with Crippen molar-refractivity contribution < 1.29 is 38.8 Å². The fraction of sp³-hybridized carbons (Fsp3) is 0.269. The molecule has 3 aromatic carbocycles. The molecule has 0 saturated carbocycles. The molecule has 198 valence electrons. The summed E-state index contributed by atoms with van der Waals surface area (Å²) in [5.74, 6) is -0.396. The number of nitrogens with one attached hydrogen (secondary N) is 2. The molecule has 1 amide bonds. The third-order valence-electron chi connectivity index (χ3n) is 6.02. The van der Waals surface area contributed by atoms with Gasteiger partial charge in [-0.2, -0.15) is 13.2 Å². The number of anilines is 1. The monoisotopic (exact) mass is 552 g/mol. The van der Waals surface area contributed by atoms with Crippen molar-refractivity contribution in [3.63, 3.8) is 0 Å². The van der Waals surface area contributed by atoms with Crippen LogP contribution in [0.4, 0.5) is 18.9 Å². The van der Waals surface area contributed by atoms with Gasteiger partial charge in [0.2, 0.25) is 0 Å². The maximum atomic E-state index is 13.0. The molecule has 3 aromatic rings. The molecular formula is C26H26ClF3N3O3S-. The van der Waals surface area contributed by atoms with E-state index in [-0.39, 0.29) is 34.6 Å². The second-order valence-electron chi connectivity index (χ2n) is 8.72. The van der Waals surface area contributed by atoms with Gasteiger partial charge in [0.15, 0.2) is 0 Å². The number of sulfonamides is 1. The Morgan fingerprint density at radius 2 is 1.59 bits per heavy atom. The lowest BCUT2D eigenvalue weighted by atomic mass is 10.0. The summed E-state index contributed by atoms with van der Waals surface area (Å²) < 4.78 is 66.6. The normalized spacial score (nSPS) is 15.0. The zero-order valence-corrected chi connectivity index (χ0v) is 21.3. The summed E-state index contributed by atoms with van der Waals surface area (Å²) in [6.45, 7) is 2.50. The second-order valence-corrected chi connectivity index (χ2v) is 10.4. The predicted octanol–water partition coefficient (Wildman–Crippen LogP) is 1.90. The molecule has 1 saturated heterocycles. The lowest BCUT2D eigenvalue weighted by molar-refractivity contribution is -0.137. The maximum absolute atomic E-state index is 13.0. The third kappa shape index (κ3) is 7.70. The van der Waals surface area contributed by atoms with Crippen molar-refractivity contribution in [2.75, 3.05) is 17.8 Å². The van der Waals surface area contributed by atoms with Crippen LogP contribution in [0.5, 0.6) is 0 Å². The van der Waals surface area contributed by atoms with Gasteiger partial charge in [0, 0.05) is 36.9 Å². The Balaban J connectivity index is 0.00000380. The number of halogens is 4. The standard InChI is InChI=1S/C26H26F3N3O3S.ClH/c27-26(28,29)21-9-5-10-23(17-21)31-36(34,35)24-11-4-8-20(16-24)25(33)30-22-12-14-32(15-13-22)18-19-6-2-1-3-7-19;/h1-11,16-17,22,31H,12-15,18H2,(H,30,33);1H/p-1. The maximum Gasteiger partial charge on any atom is 0.416 e. The Hall–Kier alpha value is -3.08. The van der Waals surface area contributed by atoms with Crippen LogP contribution >= 0.6 is 0 Å². The zero-order chi connectivity index (χ0) is 25.8. The molecule has 0 bridgehead atoms. The van der Waals surface area contributed by atoms with Gasteiger partial charge in [0.25, 0.3) is 15.9 Å². The van der Waals surface area contributed by atoms with E-state index in [0.717, 1.165) is 50.7 Å². The molecule has 0 spiro atoms. The smallest absolute Gasteiger partial charge is 0.416 e. The number of nitrogens with zero attached hydrogens (tertiary/aromatic N) is 1. The van der Waals surface area contributed by atoms with Crippen molar-refractivity contribution in [1.82, 2.24) is 10.2 Å². The molecule has 37 heavy (non-hydrogen) atoms. The van der Waals surface area contributed by atoms with E-state index in [1.807, 2.05) is 18.2 Å². The average molecular weight is 553 g/mol. The lowest BCUT2D eigenvalue weighted by Crippen LogP contribution is -3.00. The Bertz CT molecular complexity index is 1310. The number of rotatable bonds is 7. The Morgan fingerprint density at radius 3 is 2.27 bits per heavy atom. The Kier molecular flexibility index (Phi) is 9.22. The Labute approximate surface area is 220 Å². The van der Waals surface area contributed by atoms with Gasteiger partial charge < -0.3 is 17.7 Å². The summed E-state index contributed by atoms with van der Waals surface area (Å²) in [5.41, 5.74) is 0.206. The van der Waals surface area contributed by atoms with Gasteiger partial charge >= 0.3 is 6.18 Å². The van der Waals surface area contributed by atoms with E-state index in [9.17, 15) is 26.4 Å². The molecule has 0 aliphatic carbocycles. The van der Waals surface area contributed by atoms with Gasteiger partial charge in [0.1, 0.15) is 0 Å². The number of carbonyl (C=O) groups excluding carboxylic acids is 1. The summed E-state index contributed by atoms with van der Waals surface area (Å²) in [4.78, 5) is 14.9. The van der Waals surface area contributed by atoms with Crippen LogP contribution in [-0.2, 0) is 22.7 Å². The topological polar surface area (TPSA) is 78.5 Å². The summed E-state index contributed by atoms with van der Waals surface area (Å²) in [5, 5.41) is 2.97. The molecule has 4 rings (SSSR count). The minimum atomic E-state index is -4.60. The first-order valence-corrected chi connectivity index (χ1v) is 13.0. The number of hydrogen-bond donors (Lipinski definition) is 2. The molecule has 1 aliphatic rings. The zero-order valence-electron chi connectivity index (χ0n) is 19.7. The van der Waals surface area contributed by atoms with Crippen LogP contribution in [-0.4, -0.2) is 38.4 Å². The van der Waals surface area contributed by atoms with Crippen LogP contribution in [0.2, 0.25) is 0 Å². The first-order chi connectivity index (χ1) is 17.1. The third-order valence-corrected chi connectivity index (χ3v) is 7.40. The highest BCUT2D eigenvalue weighted by Gasteiger charge is 2.31. The quantitative estimate of drug-likeness (QED) is 0.469. The van der Waals surface area contributed by atoms with Crippen LogP contribution in [0.3, 0.4) is 0 Å². The minimum Gasteiger partial charge on any atom is -1.00 e. The van der Waals surface area contributed by atoms with Gasteiger partial charge in [-0.3, -0.25) is 14.4 Å². The molecule has 0 radical (unpaired) electrons. The average Bonchev–Trinajstić information content (AvgIpc) is 2.85. The van der Waals surface area contributed by atoms with Gasteiger partial charge in [-0.25, -0.2) is 8.42 Å². The molecule has 1 heterocycles. The van der Waals surface area contributed by atoms with E-state index in [1.165, 1.54) is 35.9 Å². The van der Waals surface area contributed by atoms with E-state index in [2.05, 4.69) is 27.1 Å².